The van der Waals surface area contributed by atoms with Crippen LogP contribution in [0.15, 0.2) is 66.7 Å². The second-order valence-electron chi connectivity index (χ2n) is 7.13. The summed E-state index contributed by atoms with van der Waals surface area (Å²) in [6.07, 6.45) is -0.292. The summed E-state index contributed by atoms with van der Waals surface area (Å²) in [5, 5.41) is 4.04. The van der Waals surface area contributed by atoms with Gasteiger partial charge in [0.1, 0.15) is 11.8 Å². The van der Waals surface area contributed by atoms with Gasteiger partial charge >= 0.3 is 0 Å². The number of nitrogens with zero attached hydrogens (tertiary/aromatic N) is 1. The fourth-order valence-corrected chi connectivity index (χ4v) is 3.30. The standard InChI is InChI=1S/C22H22N2O3/c1-22(2)26-14-19(20(27-22)16-9-4-3-5-10-16)24-21(25)18-13-12-15-8-6-7-11-17(15)23-18/h3-13,19-20H,14H2,1-2H3,(H,24,25)/t19-,20-/m0/s1. The highest BCUT2D eigenvalue weighted by molar-refractivity contribution is 5.95. The zero-order valence-electron chi connectivity index (χ0n) is 15.4. The van der Waals surface area contributed by atoms with Crippen LogP contribution in [0.3, 0.4) is 0 Å². The minimum atomic E-state index is -0.705. The number of para-hydroxylation sites is 1. The molecule has 1 aromatic heterocycles. The Balaban J connectivity index is 1.57. The predicted molar refractivity (Wildman–Crippen MR) is 103 cm³/mol. The van der Waals surface area contributed by atoms with Gasteiger partial charge in [0.2, 0.25) is 0 Å². The number of nitrogens with one attached hydrogen (secondary N) is 1. The average molecular weight is 362 g/mol. The number of pyridine rings is 1. The molecule has 1 aliphatic rings. The fourth-order valence-electron chi connectivity index (χ4n) is 3.30. The maximum Gasteiger partial charge on any atom is 0.270 e. The van der Waals surface area contributed by atoms with E-state index in [0.717, 1.165) is 16.5 Å². The van der Waals surface area contributed by atoms with Crippen molar-refractivity contribution in [2.45, 2.75) is 31.8 Å². The van der Waals surface area contributed by atoms with Gasteiger partial charge in [-0.1, -0.05) is 54.6 Å². The number of hydrogen-bond donors (Lipinski definition) is 1. The van der Waals surface area contributed by atoms with Crippen molar-refractivity contribution in [2.75, 3.05) is 6.61 Å². The van der Waals surface area contributed by atoms with Gasteiger partial charge in [-0.15, -0.1) is 0 Å². The van der Waals surface area contributed by atoms with E-state index in [2.05, 4.69) is 10.3 Å². The molecule has 5 heteroatoms. The van der Waals surface area contributed by atoms with E-state index in [1.165, 1.54) is 0 Å². The van der Waals surface area contributed by atoms with Gasteiger partial charge in [0.25, 0.3) is 5.91 Å². The fraction of sp³-hybridized carbons (Fsp3) is 0.273. The summed E-state index contributed by atoms with van der Waals surface area (Å²) in [4.78, 5) is 17.3. The van der Waals surface area contributed by atoms with Gasteiger partial charge in [-0.3, -0.25) is 4.79 Å². The lowest BCUT2D eigenvalue weighted by molar-refractivity contribution is -0.284. The van der Waals surface area contributed by atoms with E-state index in [0.29, 0.717) is 12.3 Å². The van der Waals surface area contributed by atoms with Gasteiger partial charge in [-0.05, 0) is 31.5 Å². The molecule has 0 spiro atoms. The molecule has 5 nitrogen and oxygen atoms in total. The Kier molecular flexibility index (Phi) is 4.64. The lowest BCUT2D eigenvalue weighted by atomic mass is 10.0. The molecule has 4 rings (SSSR count). The first-order valence-electron chi connectivity index (χ1n) is 9.05. The summed E-state index contributed by atoms with van der Waals surface area (Å²) in [7, 11) is 0. The Labute approximate surface area is 158 Å². The molecule has 0 unspecified atom stereocenters. The van der Waals surface area contributed by atoms with Crippen LogP contribution in [0.25, 0.3) is 10.9 Å². The molecule has 0 aliphatic carbocycles. The molecule has 1 amide bonds. The quantitative estimate of drug-likeness (QED) is 0.769. The lowest BCUT2D eigenvalue weighted by Crippen LogP contribution is -2.52. The summed E-state index contributed by atoms with van der Waals surface area (Å²) < 4.78 is 11.9. The van der Waals surface area contributed by atoms with E-state index in [1.807, 2.05) is 74.5 Å². The van der Waals surface area contributed by atoms with Crippen LogP contribution >= 0.6 is 0 Å². The van der Waals surface area contributed by atoms with Gasteiger partial charge in [0.15, 0.2) is 5.79 Å². The molecule has 138 valence electrons. The van der Waals surface area contributed by atoms with Crippen LogP contribution in [-0.2, 0) is 9.47 Å². The number of ether oxygens (including phenoxy) is 2. The Morgan fingerprint density at radius 1 is 1.04 bits per heavy atom. The SMILES string of the molecule is CC1(C)OC[C@H](NC(=O)c2ccc3ccccc3n2)[C@H](c2ccccc2)O1. The first-order valence-corrected chi connectivity index (χ1v) is 9.05. The van der Waals surface area contributed by atoms with E-state index in [-0.39, 0.29) is 18.1 Å². The van der Waals surface area contributed by atoms with Gasteiger partial charge in [-0.25, -0.2) is 4.98 Å². The average Bonchev–Trinajstić information content (AvgIpc) is 2.69. The largest absolute Gasteiger partial charge is 0.348 e. The second kappa shape index (κ2) is 7.10. The van der Waals surface area contributed by atoms with E-state index in [9.17, 15) is 4.79 Å². The smallest absolute Gasteiger partial charge is 0.270 e. The number of benzene rings is 2. The van der Waals surface area contributed by atoms with Crippen molar-refractivity contribution in [3.05, 3.63) is 78.0 Å². The maximum atomic E-state index is 12.8. The van der Waals surface area contributed by atoms with Crippen LogP contribution in [0.2, 0.25) is 0 Å². The monoisotopic (exact) mass is 362 g/mol. The number of aromatic nitrogens is 1. The van der Waals surface area contributed by atoms with Gasteiger partial charge < -0.3 is 14.8 Å². The Morgan fingerprint density at radius 2 is 1.78 bits per heavy atom. The molecule has 1 fully saturated rings. The molecular weight excluding hydrogens is 340 g/mol. The summed E-state index contributed by atoms with van der Waals surface area (Å²) >= 11 is 0. The highest BCUT2D eigenvalue weighted by atomic mass is 16.7. The predicted octanol–water partition coefficient (Wildman–Crippen LogP) is 3.86. The van der Waals surface area contributed by atoms with Crippen molar-refractivity contribution in [3.8, 4) is 0 Å². The molecule has 2 aromatic carbocycles. The number of rotatable bonds is 3. The van der Waals surface area contributed by atoms with Crippen LogP contribution < -0.4 is 5.32 Å². The molecule has 27 heavy (non-hydrogen) atoms. The number of fused-ring (bicyclic) bond motifs is 1. The van der Waals surface area contributed by atoms with Gasteiger partial charge in [0.05, 0.1) is 18.2 Å². The van der Waals surface area contributed by atoms with E-state index in [4.69, 9.17) is 9.47 Å². The van der Waals surface area contributed by atoms with Crippen molar-refractivity contribution in [2.24, 2.45) is 0 Å². The molecule has 0 bridgehead atoms. The summed E-state index contributed by atoms with van der Waals surface area (Å²) in [6.45, 7) is 4.13. The highest BCUT2D eigenvalue weighted by Crippen LogP contribution is 2.33. The van der Waals surface area contributed by atoms with Crippen molar-refractivity contribution < 1.29 is 14.3 Å². The molecule has 0 radical (unpaired) electrons. The van der Waals surface area contributed by atoms with Crippen LogP contribution in [0.5, 0.6) is 0 Å². The van der Waals surface area contributed by atoms with Crippen molar-refractivity contribution in [1.82, 2.24) is 10.3 Å². The van der Waals surface area contributed by atoms with Gasteiger partial charge in [-0.2, -0.15) is 0 Å². The molecule has 1 aliphatic heterocycles. The van der Waals surface area contributed by atoms with Crippen LogP contribution in [0, 0.1) is 0 Å². The Bertz CT molecular complexity index is 956. The molecular formula is C22H22N2O3. The molecule has 2 heterocycles. The van der Waals surface area contributed by atoms with Crippen LogP contribution in [-0.4, -0.2) is 29.3 Å². The summed E-state index contributed by atoms with van der Waals surface area (Å²) in [5.74, 6) is -0.943. The highest BCUT2D eigenvalue weighted by Gasteiger charge is 2.38. The zero-order valence-corrected chi connectivity index (χ0v) is 15.4. The minimum absolute atomic E-state index is 0.237. The lowest BCUT2D eigenvalue weighted by Gasteiger charge is -2.41. The topological polar surface area (TPSA) is 60.5 Å². The minimum Gasteiger partial charge on any atom is -0.348 e. The van der Waals surface area contributed by atoms with E-state index < -0.39 is 5.79 Å². The molecule has 1 N–H and O–H groups in total. The van der Waals surface area contributed by atoms with Crippen molar-refractivity contribution in [3.63, 3.8) is 0 Å². The molecule has 3 aromatic rings. The number of carbonyl (C=O) groups is 1. The van der Waals surface area contributed by atoms with Crippen molar-refractivity contribution >= 4 is 16.8 Å². The van der Waals surface area contributed by atoms with Crippen molar-refractivity contribution in [1.29, 1.82) is 0 Å². The molecule has 1 saturated heterocycles. The molecule has 2 atom stereocenters. The second-order valence-corrected chi connectivity index (χ2v) is 7.13. The maximum absolute atomic E-state index is 12.8. The third-order valence-corrected chi connectivity index (χ3v) is 4.66. The third-order valence-electron chi connectivity index (χ3n) is 4.66. The van der Waals surface area contributed by atoms with E-state index in [1.54, 1.807) is 6.07 Å². The first-order chi connectivity index (χ1) is 13.0. The van der Waals surface area contributed by atoms with Crippen LogP contribution in [0.4, 0.5) is 0 Å². The summed E-state index contributed by atoms with van der Waals surface area (Å²) in [5.41, 5.74) is 2.18. The Morgan fingerprint density at radius 3 is 2.59 bits per heavy atom. The number of amides is 1. The third kappa shape index (κ3) is 3.84. The van der Waals surface area contributed by atoms with Gasteiger partial charge in [0, 0.05) is 5.39 Å². The van der Waals surface area contributed by atoms with Crippen LogP contribution in [0.1, 0.15) is 36.0 Å². The van der Waals surface area contributed by atoms with E-state index >= 15 is 0 Å². The number of hydrogen-bond acceptors (Lipinski definition) is 4. The molecule has 0 saturated carbocycles. The zero-order chi connectivity index (χ0) is 18.9. The normalized spacial score (nSPS) is 21.7. The number of carbonyl (C=O) groups excluding carboxylic acids is 1. The first kappa shape index (κ1) is 17.6. The Hall–Kier alpha value is -2.76. The summed E-state index contributed by atoms with van der Waals surface area (Å²) in [6, 6.07) is 21.0.